The van der Waals surface area contributed by atoms with Gasteiger partial charge in [0.05, 0.1) is 6.21 Å². The minimum absolute atomic E-state index is 0.972. The molecule has 45 valence electrons. The van der Waals surface area contributed by atoms with Crippen molar-refractivity contribution < 1.29 is 0 Å². The highest BCUT2D eigenvalue weighted by Crippen LogP contribution is 1.91. The monoisotopic (exact) mass is 119 g/mol. The van der Waals surface area contributed by atoms with Crippen LogP contribution in [0.1, 0.15) is 5.56 Å². The zero-order chi connectivity index (χ0) is 6.53. The summed E-state index contributed by atoms with van der Waals surface area (Å²) in [6.45, 7) is 0. The van der Waals surface area contributed by atoms with E-state index in [0.717, 1.165) is 5.56 Å². The zero-order valence-corrected chi connectivity index (χ0v) is 4.91. The summed E-state index contributed by atoms with van der Waals surface area (Å²) in [6, 6.07) is 10.3. The Balaban J connectivity index is 2.85. The first-order valence-corrected chi connectivity index (χ1v) is 2.63. The van der Waals surface area contributed by atoms with E-state index in [9.17, 15) is 0 Å². The van der Waals surface area contributed by atoms with Gasteiger partial charge in [-0.25, -0.2) is 0 Å². The van der Waals surface area contributed by atoms with E-state index in [1.807, 2.05) is 24.3 Å². The van der Waals surface area contributed by atoms with Gasteiger partial charge in [-0.3, -0.25) is 0 Å². The van der Waals surface area contributed by atoms with Gasteiger partial charge in [0, 0.05) is 0 Å². The Hall–Kier alpha value is -1.31. The number of hydrazone groups is 1. The Morgan fingerprint density at radius 1 is 1.67 bits per heavy atom. The smallest absolute Gasteiger partial charge is 0.0538 e. The molecule has 0 heterocycles. The van der Waals surface area contributed by atoms with E-state index in [0.29, 0.717) is 0 Å². The summed E-state index contributed by atoms with van der Waals surface area (Å²) in [5.74, 6) is 4.92. The molecule has 0 saturated heterocycles. The predicted octanol–water partition coefficient (Wildman–Crippen LogP) is 0.779. The molecule has 0 atom stereocenters. The molecule has 2 nitrogen and oxygen atoms in total. The molecule has 1 radical (unpaired) electrons. The predicted molar refractivity (Wildman–Crippen MR) is 37.1 cm³/mol. The van der Waals surface area contributed by atoms with Gasteiger partial charge < -0.3 is 5.84 Å². The maximum atomic E-state index is 4.92. The fraction of sp³-hybridized carbons (Fsp3) is 0. The largest absolute Gasteiger partial charge is 0.323 e. The molecule has 2 heteroatoms. The number of benzene rings is 1. The van der Waals surface area contributed by atoms with E-state index >= 15 is 0 Å². The van der Waals surface area contributed by atoms with E-state index in [-0.39, 0.29) is 0 Å². The standard InChI is InChI=1S/C7H7N2/c8-9-6-7-4-2-1-3-5-7/h1-2,4-6H,8H2. The molecule has 0 bridgehead atoms. The SMILES string of the molecule is NN=Cc1c[c]ccc1. The van der Waals surface area contributed by atoms with Gasteiger partial charge in [-0.2, -0.15) is 5.10 Å². The molecule has 9 heavy (non-hydrogen) atoms. The first kappa shape index (κ1) is 5.82. The van der Waals surface area contributed by atoms with Crippen molar-refractivity contribution in [2.45, 2.75) is 0 Å². The molecule has 0 unspecified atom stereocenters. The number of nitrogens with two attached hydrogens (primary N) is 1. The van der Waals surface area contributed by atoms with Crippen molar-refractivity contribution in [1.29, 1.82) is 0 Å². The number of rotatable bonds is 1. The van der Waals surface area contributed by atoms with E-state index in [2.05, 4.69) is 11.2 Å². The third-order valence-electron chi connectivity index (χ3n) is 0.955. The van der Waals surface area contributed by atoms with Gasteiger partial charge in [0.25, 0.3) is 0 Å². The van der Waals surface area contributed by atoms with Crippen LogP contribution in [0.2, 0.25) is 0 Å². The summed E-state index contributed by atoms with van der Waals surface area (Å²) < 4.78 is 0. The average molecular weight is 119 g/mol. The van der Waals surface area contributed by atoms with Gasteiger partial charge in [-0.1, -0.05) is 18.2 Å². The Morgan fingerprint density at radius 2 is 2.56 bits per heavy atom. The summed E-state index contributed by atoms with van der Waals surface area (Å²) >= 11 is 0. The molecule has 0 aromatic heterocycles. The molecular formula is C7H7N2. The first-order valence-electron chi connectivity index (χ1n) is 2.63. The fourth-order valence-corrected chi connectivity index (χ4v) is 0.574. The lowest BCUT2D eigenvalue weighted by Gasteiger charge is -1.85. The second-order valence-electron chi connectivity index (χ2n) is 1.61. The van der Waals surface area contributed by atoms with Gasteiger partial charge in [-0.15, -0.1) is 0 Å². The van der Waals surface area contributed by atoms with Crippen molar-refractivity contribution in [1.82, 2.24) is 0 Å². The van der Waals surface area contributed by atoms with Crippen LogP contribution in [0.3, 0.4) is 0 Å². The Morgan fingerprint density at radius 3 is 3.11 bits per heavy atom. The fourth-order valence-electron chi connectivity index (χ4n) is 0.574. The lowest BCUT2D eigenvalue weighted by atomic mass is 10.2. The van der Waals surface area contributed by atoms with Crippen LogP contribution < -0.4 is 5.84 Å². The molecule has 0 amide bonds. The van der Waals surface area contributed by atoms with E-state index in [4.69, 9.17) is 5.84 Å². The van der Waals surface area contributed by atoms with Crippen LogP contribution in [0.15, 0.2) is 29.4 Å². The van der Waals surface area contributed by atoms with Crippen molar-refractivity contribution in [3.8, 4) is 0 Å². The molecule has 1 aromatic carbocycles. The Bertz CT molecular complexity index is 191. The van der Waals surface area contributed by atoms with Crippen molar-refractivity contribution in [3.63, 3.8) is 0 Å². The third-order valence-corrected chi connectivity index (χ3v) is 0.955. The average Bonchev–Trinajstić information content (AvgIpc) is 1.91. The first-order chi connectivity index (χ1) is 4.43. The normalized spacial score (nSPS) is 10.2. The lowest BCUT2D eigenvalue weighted by Crippen LogP contribution is -1.84. The van der Waals surface area contributed by atoms with Gasteiger partial charge in [0.1, 0.15) is 0 Å². The van der Waals surface area contributed by atoms with Crippen molar-refractivity contribution in [2.24, 2.45) is 10.9 Å². The highest BCUT2D eigenvalue weighted by molar-refractivity contribution is 5.78. The summed E-state index contributed by atoms with van der Waals surface area (Å²) in [6.07, 6.45) is 1.58. The van der Waals surface area contributed by atoms with E-state index in [1.165, 1.54) is 0 Å². The van der Waals surface area contributed by atoms with Crippen LogP contribution in [0.4, 0.5) is 0 Å². The second kappa shape index (κ2) is 2.87. The number of hydrogen-bond donors (Lipinski definition) is 1. The third kappa shape index (κ3) is 1.57. The van der Waals surface area contributed by atoms with E-state index in [1.54, 1.807) is 6.21 Å². The molecular weight excluding hydrogens is 112 g/mol. The quantitative estimate of drug-likeness (QED) is 0.331. The lowest BCUT2D eigenvalue weighted by molar-refractivity contribution is 1.26. The molecule has 0 saturated carbocycles. The number of hydrogen-bond acceptors (Lipinski definition) is 2. The van der Waals surface area contributed by atoms with Gasteiger partial charge in [-0.05, 0) is 17.7 Å². The van der Waals surface area contributed by atoms with Gasteiger partial charge in [0.2, 0.25) is 0 Å². The minimum Gasteiger partial charge on any atom is -0.323 e. The highest BCUT2D eigenvalue weighted by atomic mass is 15.1. The number of nitrogens with zero attached hydrogens (tertiary/aromatic N) is 1. The summed E-state index contributed by atoms with van der Waals surface area (Å²) in [5, 5.41) is 3.36. The molecule has 0 aliphatic heterocycles. The minimum atomic E-state index is 0.972. The zero-order valence-electron chi connectivity index (χ0n) is 4.91. The molecule has 1 aromatic rings. The molecule has 1 rings (SSSR count). The maximum Gasteiger partial charge on any atom is 0.0538 e. The van der Waals surface area contributed by atoms with Crippen LogP contribution in [-0.4, -0.2) is 6.21 Å². The van der Waals surface area contributed by atoms with E-state index < -0.39 is 0 Å². The Kier molecular flexibility index (Phi) is 1.85. The van der Waals surface area contributed by atoms with Crippen LogP contribution in [0, 0.1) is 6.07 Å². The van der Waals surface area contributed by atoms with Crippen molar-refractivity contribution in [2.75, 3.05) is 0 Å². The highest BCUT2D eigenvalue weighted by Gasteiger charge is 1.79. The van der Waals surface area contributed by atoms with Crippen molar-refractivity contribution in [3.05, 3.63) is 35.9 Å². The summed E-state index contributed by atoms with van der Waals surface area (Å²) in [5.41, 5.74) is 0.972. The van der Waals surface area contributed by atoms with Gasteiger partial charge >= 0.3 is 0 Å². The topological polar surface area (TPSA) is 38.4 Å². The summed E-state index contributed by atoms with van der Waals surface area (Å²) in [7, 11) is 0. The molecule has 2 N–H and O–H groups in total. The van der Waals surface area contributed by atoms with Crippen LogP contribution >= 0.6 is 0 Å². The molecule has 0 aliphatic carbocycles. The molecule has 0 spiro atoms. The van der Waals surface area contributed by atoms with Crippen LogP contribution in [0.25, 0.3) is 0 Å². The Labute approximate surface area is 54.0 Å². The second-order valence-corrected chi connectivity index (χ2v) is 1.61. The van der Waals surface area contributed by atoms with Gasteiger partial charge in [0.15, 0.2) is 0 Å². The summed E-state index contributed by atoms with van der Waals surface area (Å²) in [4.78, 5) is 0. The molecule has 0 fully saturated rings. The van der Waals surface area contributed by atoms with Crippen molar-refractivity contribution >= 4 is 6.21 Å². The van der Waals surface area contributed by atoms with Crippen LogP contribution in [-0.2, 0) is 0 Å². The van der Waals surface area contributed by atoms with Crippen LogP contribution in [0.5, 0.6) is 0 Å². The molecule has 0 aliphatic rings. The maximum absolute atomic E-state index is 4.92.